The average Bonchev–Trinajstić information content (AvgIpc) is 2.23. The highest BCUT2D eigenvalue weighted by molar-refractivity contribution is 5.28. The minimum absolute atomic E-state index is 0.188. The maximum absolute atomic E-state index is 12.1. The first-order valence-electron chi connectivity index (χ1n) is 5.99. The number of hydrogen-bond donors (Lipinski definition) is 1. The fourth-order valence-electron chi connectivity index (χ4n) is 1.76. The summed E-state index contributed by atoms with van der Waals surface area (Å²) in [6.45, 7) is 3.39. The van der Waals surface area contributed by atoms with E-state index in [1.165, 1.54) is 12.1 Å². The average molecular weight is 276 g/mol. The molecule has 0 heterocycles. The smallest absolute Gasteiger partial charge is 0.406 e. The molecule has 19 heavy (non-hydrogen) atoms. The van der Waals surface area contributed by atoms with Crippen LogP contribution in [0, 0.1) is 0 Å². The Morgan fingerprint density at radius 2 is 2.00 bits per heavy atom. The Kier molecular flexibility index (Phi) is 5.62. The van der Waals surface area contributed by atoms with Crippen LogP contribution in [-0.4, -0.2) is 37.9 Å². The van der Waals surface area contributed by atoms with E-state index in [-0.39, 0.29) is 11.8 Å². The molecule has 1 rings (SSSR count). The van der Waals surface area contributed by atoms with Crippen molar-refractivity contribution in [2.24, 2.45) is 0 Å². The van der Waals surface area contributed by atoms with Crippen LogP contribution in [0.2, 0.25) is 0 Å². The van der Waals surface area contributed by atoms with E-state index in [0.29, 0.717) is 6.54 Å². The first kappa shape index (κ1) is 15.8. The lowest BCUT2D eigenvalue weighted by molar-refractivity contribution is -0.274. The SMILES string of the molecule is CC(CN(C)C)NCc1cccc(OC(F)(F)F)c1. The van der Waals surface area contributed by atoms with Gasteiger partial charge in [-0.15, -0.1) is 13.2 Å². The van der Waals surface area contributed by atoms with Crippen LogP contribution in [0.4, 0.5) is 13.2 Å². The molecular weight excluding hydrogens is 257 g/mol. The summed E-state index contributed by atoms with van der Waals surface area (Å²) >= 11 is 0. The van der Waals surface area contributed by atoms with Crippen LogP contribution < -0.4 is 10.1 Å². The van der Waals surface area contributed by atoms with Gasteiger partial charge in [0.25, 0.3) is 0 Å². The van der Waals surface area contributed by atoms with Gasteiger partial charge < -0.3 is 15.0 Å². The predicted molar refractivity (Wildman–Crippen MR) is 68.0 cm³/mol. The Morgan fingerprint density at radius 1 is 1.32 bits per heavy atom. The summed E-state index contributed by atoms with van der Waals surface area (Å²) in [7, 11) is 3.94. The van der Waals surface area contributed by atoms with Crippen molar-refractivity contribution in [1.29, 1.82) is 0 Å². The summed E-state index contributed by atoms with van der Waals surface area (Å²) in [4.78, 5) is 2.04. The van der Waals surface area contributed by atoms with E-state index in [2.05, 4.69) is 10.1 Å². The summed E-state index contributed by atoms with van der Waals surface area (Å²) in [6.07, 6.45) is -4.65. The fraction of sp³-hybridized carbons (Fsp3) is 0.538. The van der Waals surface area contributed by atoms with E-state index in [1.54, 1.807) is 12.1 Å². The van der Waals surface area contributed by atoms with Gasteiger partial charge in [0, 0.05) is 19.1 Å². The van der Waals surface area contributed by atoms with Gasteiger partial charge in [0.15, 0.2) is 0 Å². The third-order valence-corrected chi connectivity index (χ3v) is 2.43. The Balaban J connectivity index is 2.53. The van der Waals surface area contributed by atoms with Gasteiger partial charge in [-0.3, -0.25) is 0 Å². The molecular formula is C13H19F3N2O. The molecule has 0 spiro atoms. The van der Waals surface area contributed by atoms with Crippen LogP contribution in [-0.2, 0) is 6.54 Å². The number of hydrogen-bond acceptors (Lipinski definition) is 3. The highest BCUT2D eigenvalue weighted by Gasteiger charge is 2.31. The minimum atomic E-state index is -4.65. The lowest BCUT2D eigenvalue weighted by atomic mass is 10.2. The molecule has 0 aliphatic heterocycles. The van der Waals surface area contributed by atoms with Gasteiger partial charge in [0.05, 0.1) is 0 Å². The summed E-state index contributed by atoms with van der Waals surface area (Å²) in [6, 6.07) is 6.25. The molecule has 6 heteroatoms. The second-order valence-corrected chi connectivity index (χ2v) is 4.74. The zero-order valence-electron chi connectivity index (χ0n) is 11.3. The van der Waals surface area contributed by atoms with Gasteiger partial charge in [-0.25, -0.2) is 0 Å². The van der Waals surface area contributed by atoms with E-state index in [1.807, 2.05) is 25.9 Å². The lowest BCUT2D eigenvalue weighted by Gasteiger charge is -2.18. The van der Waals surface area contributed by atoms with Crippen molar-refractivity contribution in [3.8, 4) is 5.75 Å². The number of nitrogens with zero attached hydrogens (tertiary/aromatic N) is 1. The molecule has 0 saturated carbocycles. The summed E-state index contributed by atoms with van der Waals surface area (Å²) in [5, 5.41) is 3.24. The van der Waals surface area contributed by atoms with Crippen molar-refractivity contribution < 1.29 is 17.9 Å². The Bertz CT molecular complexity index is 394. The zero-order chi connectivity index (χ0) is 14.5. The molecule has 0 fully saturated rings. The van der Waals surface area contributed by atoms with Crippen molar-refractivity contribution in [1.82, 2.24) is 10.2 Å². The molecule has 0 bridgehead atoms. The fourth-order valence-corrected chi connectivity index (χ4v) is 1.76. The first-order chi connectivity index (χ1) is 8.76. The van der Waals surface area contributed by atoms with Crippen molar-refractivity contribution in [2.75, 3.05) is 20.6 Å². The van der Waals surface area contributed by atoms with Gasteiger partial charge in [-0.05, 0) is 38.7 Å². The molecule has 1 aromatic rings. The van der Waals surface area contributed by atoms with Crippen LogP contribution in [0.25, 0.3) is 0 Å². The standard InChI is InChI=1S/C13H19F3N2O/c1-10(9-18(2)3)17-8-11-5-4-6-12(7-11)19-13(14,15)16/h4-7,10,17H,8-9H2,1-3H3. The van der Waals surface area contributed by atoms with E-state index >= 15 is 0 Å². The van der Waals surface area contributed by atoms with Gasteiger partial charge in [0.2, 0.25) is 0 Å². The number of rotatable bonds is 6. The van der Waals surface area contributed by atoms with Gasteiger partial charge in [-0.1, -0.05) is 12.1 Å². The van der Waals surface area contributed by atoms with Crippen LogP contribution in [0.5, 0.6) is 5.75 Å². The highest BCUT2D eigenvalue weighted by Crippen LogP contribution is 2.23. The van der Waals surface area contributed by atoms with Gasteiger partial charge in [-0.2, -0.15) is 0 Å². The van der Waals surface area contributed by atoms with E-state index < -0.39 is 6.36 Å². The third-order valence-electron chi connectivity index (χ3n) is 2.43. The molecule has 1 unspecified atom stereocenters. The normalized spacial score (nSPS) is 13.6. The molecule has 0 saturated heterocycles. The maximum atomic E-state index is 12.1. The molecule has 0 radical (unpaired) electrons. The molecule has 0 aliphatic rings. The van der Waals surface area contributed by atoms with Crippen molar-refractivity contribution in [2.45, 2.75) is 25.9 Å². The van der Waals surface area contributed by atoms with E-state index in [0.717, 1.165) is 12.1 Å². The van der Waals surface area contributed by atoms with Crippen molar-refractivity contribution >= 4 is 0 Å². The van der Waals surface area contributed by atoms with E-state index in [4.69, 9.17) is 0 Å². The number of halogens is 3. The number of benzene rings is 1. The summed E-state index contributed by atoms with van der Waals surface area (Å²) in [5.74, 6) is -0.188. The number of likely N-dealkylation sites (N-methyl/N-ethyl adjacent to an activating group) is 1. The van der Waals surface area contributed by atoms with Gasteiger partial charge >= 0.3 is 6.36 Å². The molecule has 1 atom stereocenters. The number of ether oxygens (including phenoxy) is 1. The number of alkyl halides is 3. The monoisotopic (exact) mass is 276 g/mol. The quantitative estimate of drug-likeness (QED) is 0.864. The molecule has 108 valence electrons. The second-order valence-electron chi connectivity index (χ2n) is 4.74. The molecule has 0 amide bonds. The molecule has 1 aromatic carbocycles. The van der Waals surface area contributed by atoms with Gasteiger partial charge in [0.1, 0.15) is 5.75 Å². The van der Waals surface area contributed by atoms with Crippen molar-refractivity contribution in [3.63, 3.8) is 0 Å². The van der Waals surface area contributed by atoms with Crippen molar-refractivity contribution in [3.05, 3.63) is 29.8 Å². The lowest BCUT2D eigenvalue weighted by Crippen LogP contribution is -2.35. The van der Waals surface area contributed by atoms with E-state index in [9.17, 15) is 13.2 Å². The maximum Gasteiger partial charge on any atom is 0.573 e. The molecule has 1 N–H and O–H groups in total. The molecule has 0 aliphatic carbocycles. The van der Waals surface area contributed by atoms with Crippen LogP contribution >= 0.6 is 0 Å². The second kappa shape index (κ2) is 6.77. The third kappa shape index (κ3) is 7.03. The van der Waals surface area contributed by atoms with Crippen LogP contribution in [0.3, 0.4) is 0 Å². The molecule has 3 nitrogen and oxygen atoms in total. The number of nitrogens with one attached hydrogen (secondary N) is 1. The Morgan fingerprint density at radius 3 is 2.58 bits per heavy atom. The summed E-state index contributed by atoms with van der Waals surface area (Å²) in [5.41, 5.74) is 0.757. The molecule has 0 aromatic heterocycles. The topological polar surface area (TPSA) is 24.5 Å². The Hall–Kier alpha value is -1.27. The highest BCUT2D eigenvalue weighted by atomic mass is 19.4. The Labute approximate surface area is 111 Å². The largest absolute Gasteiger partial charge is 0.573 e. The first-order valence-corrected chi connectivity index (χ1v) is 5.99. The minimum Gasteiger partial charge on any atom is -0.406 e. The predicted octanol–water partition coefficient (Wildman–Crippen LogP) is 2.62. The van der Waals surface area contributed by atoms with Crippen LogP contribution in [0.15, 0.2) is 24.3 Å². The van der Waals surface area contributed by atoms with Crippen LogP contribution in [0.1, 0.15) is 12.5 Å². The zero-order valence-corrected chi connectivity index (χ0v) is 11.3. The summed E-state index contributed by atoms with van der Waals surface area (Å²) < 4.78 is 40.1.